The average Bonchev–Trinajstić information content (AvgIpc) is 2.57. The molecule has 1 saturated heterocycles. The van der Waals surface area contributed by atoms with E-state index < -0.39 is 12.2 Å². The molecule has 0 aromatic carbocycles. The average molecular weight is 170 g/mol. The van der Waals surface area contributed by atoms with Crippen LogP contribution in [-0.4, -0.2) is 30.2 Å². The summed E-state index contributed by atoms with van der Waals surface area (Å²) in [5, 5.41) is 0. The minimum absolute atomic E-state index is 0.602. The molecule has 2 amide bonds. The summed E-state index contributed by atoms with van der Waals surface area (Å²) in [6.07, 6.45) is -0.421. The first-order chi connectivity index (χ1) is 5.66. The lowest BCUT2D eigenvalue weighted by molar-refractivity contribution is 0.126. The minimum Gasteiger partial charge on any atom is -0.359 e. The summed E-state index contributed by atoms with van der Waals surface area (Å²) >= 11 is 0. The zero-order valence-corrected chi connectivity index (χ0v) is 6.53. The molecular formula is C7H10N2O3. The van der Waals surface area contributed by atoms with Crippen molar-refractivity contribution >= 4 is 12.2 Å². The van der Waals surface area contributed by atoms with E-state index in [0.717, 1.165) is 13.1 Å². The van der Waals surface area contributed by atoms with Crippen molar-refractivity contribution in [2.24, 2.45) is 17.6 Å². The largest absolute Gasteiger partial charge is 0.418 e. The number of ether oxygens (including phenoxy) is 1. The molecule has 0 aromatic rings. The van der Waals surface area contributed by atoms with Crippen molar-refractivity contribution in [3.8, 4) is 0 Å². The van der Waals surface area contributed by atoms with E-state index in [-0.39, 0.29) is 0 Å². The maximum atomic E-state index is 11.0. The van der Waals surface area contributed by atoms with Crippen LogP contribution in [-0.2, 0) is 4.74 Å². The zero-order valence-electron chi connectivity index (χ0n) is 6.53. The SMILES string of the molecule is NC(=O)OC(=O)N1CC2CC2C1. The topological polar surface area (TPSA) is 72.6 Å². The number of carbonyl (C=O) groups excluding carboxylic acids is 2. The second-order valence-corrected chi connectivity index (χ2v) is 3.35. The lowest BCUT2D eigenvalue weighted by Crippen LogP contribution is -2.34. The van der Waals surface area contributed by atoms with Gasteiger partial charge in [-0.05, 0) is 18.3 Å². The number of primary amides is 1. The second-order valence-electron chi connectivity index (χ2n) is 3.35. The molecule has 1 aliphatic carbocycles. The molecule has 0 radical (unpaired) electrons. The summed E-state index contributed by atoms with van der Waals surface area (Å²) in [4.78, 5) is 22.8. The first-order valence-corrected chi connectivity index (χ1v) is 3.93. The Morgan fingerprint density at radius 3 is 2.42 bits per heavy atom. The maximum Gasteiger partial charge on any atom is 0.418 e. The molecule has 1 aliphatic heterocycles. The van der Waals surface area contributed by atoms with Crippen molar-refractivity contribution in [2.75, 3.05) is 13.1 Å². The van der Waals surface area contributed by atoms with E-state index in [1.165, 1.54) is 11.3 Å². The van der Waals surface area contributed by atoms with Gasteiger partial charge < -0.3 is 15.4 Å². The van der Waals surface area contributed by atoms with Crippen LogP contribution in [0.15, 0.2) is 0 Å². The molecule has 5 heteroatoms. The van der Waals surface area contributed by atoms with Crippen molar-refractivity contribution in [3.05, 3.63) is 0 Å². The highest BCUT2D eigenvalue weighted by Gasteiger charge is 2.47. The smallest absolute Gasteiger partial charge is 0.359 e. The molecule has 1 heterocycles. The lowest BCUT2D eigenvalue weighted by atomic mass is 10.4. The Morgan fingerprint density at radius 1 is 1.33 bits per heavy atom. The van der Waals surface area contributed by atoms with Gasteiger partial charge >= 0.3 is 12.2 Å². The van der Waals surface area contributed by atoms with E-state index in [2.05, 4.69) is 4.74 Å². The summed E-state index contributed by atoms with van der Waals surface area (Å²) in [7, 11) is 0. The van der Waals surface area contributed by atoms with Crippen molar-refractivity contribution in [2.45, 2.75) is 6.42 Å². The molecule has 0 spiro atoms. The number of likely N-dealkylation sites (tertiary alicyclic amines) is 1. The van der Waals surface area contributed by atoms with Gasteiger partial charge in [0.2, 0.25) is 0 Å². The Morgan fingerprint density at radius 2 is 1.92 bits per heavy atom. The van der Waals surface area contributed by atoms with Crippen molar-refractivity contribution in [3.63, 3.8) is 0 Å². The number of nitrogens with two attached hydrogens (primary N) is 1. The molecule has 0 bridgehead atoms. The van der Waals surface area contributed by atoms with Gasteiger partial charge in [-0.3, -0.25) is 0 Å². The number of amides is 2. The van der Waals surface area contributed by atoms with E-state index >= 15 is 0 Å². The van der Waals surface area contributed by atoms with Crippen LogP contribution < -0.4 is 5.73 Å². The molecule has 2 fully saturated rings. The van der Waals surface area contributed by atoms with Gasteiger partial charge in [0.15, 0.2) is 0 Å². The molecule has 12 heavy (non-hydrogen) atoms. The van der Waals surface area contributed by atoms with Gasteiger partial charge in [-0.2, -0.15) is 0 Å². The summed E-state index contributed by atoms with van der Waals surface area (Å²) in [6.45, 7) is 1.44. The molecule has 2 N–H and O–H groups in total. The molecule has 1 saturated carbocycles. The standard InChI is InChI=1S/C7H10N2O3/c8-6(10)12-7(11)9-2-4-1-5(4)3-9/h4-5H,1-3H2,(H2,8,10). The monoisotopic (exact) mass is 170 g/mol. The number of carbonyl (C=O) groups is 2. The van der Waals surface area contributed by atoms with Gasteiger partial charge in [-0.25, -0.2) is 9.59 Å². The molecule has 2 rings (SSSR count). The quantitative estimate of drug-likeness (QED) is 0.526. The van der Waals surface area contributed by atoms with Crippen LogP contribution in [0.1, 0.15) is 6.42 Å². The van der Waals surface area contributed by atoms with E-state index in [1.807, 2.05) is 0 Å². The van der Waals surface area contributed by atoms with Gasteiger partial charge in [-0.15, -0.1) is 0 Å². The molecule has 2 atom stereocenters. The summed E-state index contributed by atoms with van der Waals surface area (Å²) in [6, 6.07) is 0. The number of hydrogen-bond donors (Lipinski definition) is 1. The van der Waals surface area contributed by atoms with Crippen LogP contribution in [0, 0.1) is 11.8 Å². The Balaban J connectivity index is 1.84. The Labute approximate surface area is 69.5 Å². The van der Waals surface area contributed by atoms with Crippen molar-refractivity contribution < 1.29 is 14.3 Å². The first-order valence-electron chi connectivity index (χ1n) is 3.93. The predicted molar refractivity (Wildman–Crippen MR) is 39.2 cm³/mol. The third-order valence-electron chi connectivity index (χ3n) is 2.42. The first kappa shape index (κ1) is 7.39. The van der Waals surface area contributed by atoms with Gasteiger partial charge in [0, 0.05) is 13.1 Å². The second kappa shape index (κ2) is 2.36. The number of rotatable bonds is 0. The van der Waals surface area contributed by atoms with Gasteiger partial charge in [0.1, 0.15) is 0 Å². The molecular weight excluding hydrogens is 160 g/mol. The molecule has 66 valence electrons. The Kier molecular flexibility index (Phi) is 1.46. The van der Waals surface area contributed by atoms with Crippen LogP contribution in [0.2, 0.25) is 0 Å². The van der Waals surface area contributed by atoms with E-state index in [4.69, 9.17) is 5.73 Å². The predicted octanol–water partition coefficient (Wildman–Crippen LogP) is 0.153. The van der Waals surface area contributed by atoms with E-state index in [1.54, 1.807) is 0 Å². The Hall–Kier alpha value is -1.26. The summed E-state index contributed by atoms with van der Waals surface area (Å²) in [5.74, 6) is 1.29. The van der Waals surface area contributed by atoms with Crippen LogP contribution in [0.5, 0.6) is 0 Å². The van der Waals surface area contributed by atoms with Gasteiger partial charge in [-0.1, -0.05) is 0 Å². The third kappa shape index (κ3) is 1.22. The fourth-order valence-corrected chi connectivity index (χ4v) is 1.70. The molecule has 2 aliphatic rings. The number of piperidine rings is 1. The van der Waals surface area contributed by atoms with Gasteiger partial charge in [0.05, 0.1) is 0 Å². The highest BCUT2D eigenvalue weighted by atomic mass is 16.6. The van der Waals surface area contributed by atoms with Crippen LogP contribution in [0.3, 0.4) is 0 Å². The fourth-order valence-electron chi connectivity index (χ4n) is 1.70. The summed E-state index contributed by atoms with van der Waals surface area (Å²) in [5.41, 5.74) is 4.70. The van der Waals surface area contributed by atoms with E-state index in [0.29, 0.717) is 11.8 Å². The van der Waals surface area contributed by atoms with Crippen molar-refractivity contribution in [1.29, 1.82) is 0 Å². The van der Waals surface area contributed by atoms with Crippen molar-refractivity contribution in [1.82, 2.24) is 4.90 Å². The number of fused-ring (bicyclic) bond motifs is 1. The number of hydrogen-bond acceptors (Lipinski definition) is 3. The van der Waals surface area contributed by atoms with Crippen LogP contribution >= 0.6 is 0 Å². The normalized spacial score (nSPS) is 31.2. The van der Waals surface area contributed by atoms with E-state index in [9.17, 15) is 9.59 Å². The number of nitrogens with zero attached hydrogens (tertiary/aromatic N) is 1. The maximum absolute atomic E-state index is 11.0. The lowest BCUT2D eigenvalue weighted by Gasteiger charge is -2.15. The Bertz CT molecular complexity index is 231. The molecule has 5 nitrogen and oxygen atoms in total. The third-order valence-corrected chi connectivity index (χ3v) is 2.42. The molecule has 0 aromatic heterocycles. The summed E-state index contributed by atoms with van der Waals surface area (Å²) < 4.78 is 4.23. The fraction of sp³-hybridized carbons (Fsp3) is 0.714. The highest BCUT2D eigenvalue weighted by molar-refractivity contribution is 5.82. The van der Waals surface area contributed by atoms with Crippen LogP contribution in [0.4, 0.5) is 9.59 Å². The highest BCUT2D eigenvalue weighted by Crippen LogP contribution is 2.44. The van der Waals surface area contributed by atoms with Crippen LogP contribution in [0.25, 0.3) is 0 Å². The van der Waals surface area contributed by atoms with Gasteiger partial charge in [0.25, 0.3) is 0 Å². The minimum atomic E-state index is -1.03. The zero-order chi connectivity index (χ0) is 8.72. The molecule has 2 unspecified atom stereocenters.